The van der Waals surface area contributed by atoms with Gasteiger partial charge < -0.3 is 10.0 Å². The first kappa shape index (κ1) is 10.1. The van der Waals surface area contributed by atoms with Crippen LogP contribution in [0.25, 0.3) is 5.65 Å². The highest BCUT2D eigenvalue weighted by molar-refractivity contribution is 5.94. The largest absolute Gasteiger partial charge is 0.477 e. The van der Waals surface area contributed by atoms with Crippen LogP contribution >= 0.6 is 0 Å². The molecule has 88 valence electrons. The topological polar surface area (TPSA) is 70.7 Å². The van der Waals surface area contributed by atoms with Crippen LogP contribution in [-0.2, 0) is 0 Å². The van der Waals surface area contributed by atoms with Crippen LogP contribution in [0, 0.1) is 0 Å². The van der Waals surface area contributed by atoms with Crippen molar-refractivity contribution in [3.8, 4) is 0 Å². The molecule has 0 saturated heterocycles. The molecule has 1 N–H and O–H groups in total. The van der Waals surface area contributed by atoms with Crippen LogP contribution in [0.5, 0.6) is 0 Å². The molecule has 1 saturated carbocycles. The van der Waals surface area contributed by atoms with E-state index in [2.05, 4.69) is 15.0 Å². The zero-order chi connectivity index (χ0) is 12.0. The molecule has 0 aromatic carbocycles. The summed E-state index contributed by atoms with van der Waals surface area (Å²) >= 11 is 0. The Hall–Kier alpha value is -2.11. The van der Waals surface area contributed by atoms with E-state index in [0.717, 1.165) is 5.82 Å². The minimum absolute atomic E-state index is 0.135. The van der Waals surface area contributed by atoms with Crippen molar-refractivity contribution in [3.63, 3.8) is 0 Å². The molecule has 6 nitrogen and oxygen atoms in total. The Morgan fingerprint density at radius 1 is 1.59 bits per heavy atom. The molecule has 2 aromatic heterocycles. The quantitative estimate of drug-likeness (QED) is 0.855. The van der Waals surface area contributed by atoms with Gasteiger partial charge in [-0.05, 0) is 18.9 Å². The number of nitrogens with zero attached hydrogens (tertiary/aromatic N) is 4. The van der Waals surface area contributed by atoms with Gasteiger partial charge in [0.15, 0.2) is 5.65 Å². The molecule has 2 aromatic rings. The number of aromatic carboxylic acids is 1. The zero-order valence-electron chi connectivity index (χ0n) is 9.37. The number of aromatic nitrogens is 3. The zero-order valence-corrected chi connectivity index (χ0v) is 9.37. The highest BCUT2D eigenvalue weighted by atomic mass is 16.4. The lowest BCUT2D eigenvalue weighted by atomic mass is 10.3. The molecule has 1 aliphatic rings. The van der Waals surface area contributed by atoms with Crippen molar-refractivity contribution >= 4 is 17.4 Å². The molecule has 6 heteroatoms. The van der Waals surface area contributed by atoms with E-state index in [4.69, 9.17) is 5.11 Å². The van der Waals surface area contributed by atoms with Crippen molar-refractivity contribution in [2.24, 2.45) is 0 Å². The summed E-state index contributed by atoms with van der Waals surface area (Å²) in [5, 5.41) is 13.0. The lowest BCUT2D eigenvalue weighted by Crippen LogP contribution is -2.21. The lowest BCUT2D eigenvalue weighted by molar-refractivity contribution is 0.0699. The Morgan fingerprint density at radius 3 is 3.00 bits per heavy atom. The smallest absolute Gasteiger partial charge is 0.341 e. The summed E-state index contributed by atoms with van der Waals surface area (Å²) in [6.45, 7) is 0. The van der Waals surface area contributed by atoms with Gasteiger partial charge >= 0.3 is 5.97 Å². The molecule has 0 radical (unpaired) electrons. The molecule has 0 amide bonds. The van der Waals surface area contributed by atoms with E-state index in [-0.39, 0.29) is 5.56 Å². The number of hydrogen-bond donors (Lipinski definition) is 1. The molecule has 17 heavy (non-hydrogen) atoms. The van der Waals surface area contributed by atoms with Crippen LogP contribution in [0.15, 0.2) is 18.5 Å². The number of carboxylic acid groups (broad SMARTS) is 1. The van der Waals surface area contributed by atoms with E-state index in [0.29, 0.717) is 11.7 Å². The molecule has 2 heterocycles. The second kappa shape index (κ2) is 3.44. The Kier molecular flexibility index (Phi) is 2.04. The molecule has 1 aliphatic carbocycles. The maximum Gasteiger partial charge on any atom is 0.341 e. The van der Waals surface area contributed by atoms with E-state index in [1.165, 1.54) is 23.6 Å². The van der Waals surface area contributed by atoms with Crippen LogP contribution < -0.4 is 4.90 Å². The van der Waals surface area contributed by atoms with Gasteiger partial charge in [-0.25, -0.2) is 14.3 Å². The fourth-order valence-corrected chi connectivity index (χ4v) is 1.86. The first-order valence-electron chi connectivity index (χ1n) is 5.47. The molecule has 3 rings (SSSR count). The lowest BCUT2D eigenvalue weighted by Gasteiger charge is -2.16. The fourth-order valence-electron chi connectivity index (χ4n) is 1.86. The Labute approximate surface area is 97.5 Å². The minimum Gasteiger partial charge on any atom is -0.477 e. The van der Waals surface area contributed by atoms with E-state index in [1.807, 2.05) is 13.1 Å². The van der Waals surface area contributed by atoms with Crippen LogP contribution in [0.3, 0.4) is 0 Å². The summed E-state index contributed by atoms with van der Waals surface area (Å²) in [4.78, 5) is 17.4. The molecular formula is C11H12N4O2. The minimum atomic E-state index is -1.00. The number of hydrogen-bond acceptors (Lipinski definition) is 4. The summed E-state index contributed by atoms with van der Waals surface area (Å²) < 4.78 is 1.48. The van der Waals surface area contributed by atoms with Gasteiger partial charge in [-0.3, -0.25) is 0 Å². The first-order valence-corrected chi connectivity index (χ1v) is 5.47. The van der Waals surface area contributed by atoms with Crippen LogP contribution in [0.1, 0.15) is 23.2 Å². The van der Waals surface area contributed by atoms with Crippen molar-refractivity contribution in [2.75, 3.05) is 11.9 Å². The van der Waals surface area contributed by atoms with E-state index in [9.17, 15) is 4.79 Å². The van der Waals surface area contributed by atoms with E-state index >= 15 is 0 Å². The third-order valence-corrected chi connectivity index (χ3v) is 3.04. The van der Waals surface area contributed by atoms with Crippen molar-refractivity contribution in [2.45, 2.75) is 18.9 Å². The van der Waals surface area contributed by atoms with Gasteiger partial charge in [-0.2, -0.15) is 5.10 Å². The Morgan fingerprint density at radius 2 is 2.35 bits per heavy atom. The third kappa shape index (κ3) is 1.61. The van der Waals surface area contributed by atoms with Crippen molar-refractivity contribution < 1.29 is 9.90 Å². The van der Waals surface area contributed by atoms with Gasteiger partial charge in [0.2, 0.25) is 0 Å². The molecule has 0 unspecified atom stereocenters. The van der Waals surface area contributed by atoms with E-state index < -0.39 is 5.97 Å². The highest BCUT2D eigenvalue weighted by Gasteiger charge is 2.27. The first-order chi connectivity index (χ1) is 8.16. The van der Waals surface area contributed by atoms with Crippen molar-refractivity contribution in [3.05, 3.63) is 24.0 Å². The average Bonchev–Trinajstić information content (AvgIpc) is 3.06. The summed E-state index contributed by atoms with van der Waals surface area (Å²) in [7, 11) is 1.98. The molecule has 0 bridgehead atoms. The summed E-state index contributed by atoms with van der Waals surface area (Å²) in [6.07, 6.45) is 5.41. The monoisotopic (exact) mass is 232 g/mol. The van der Waals surface area contributed by atoms with Crippen LogP contribution in [0.2, 0.25) is 0 Å². The normalized spacial score (nSPS) is 15.1. The number of fused-ring (bicyclic) bond motifs is 1. The number of carboxylic acids is 1. The van der Waals surface area contributed by atoms with Crippen molar-refractivity contribution in [1.82, 2.24) is 14.6 Å². The van der Waals surface area contributed by atoms with E-state index in [1.54, 1.807) is 6.20 Å². The highest BCUT2D eigenvalue weighted by Crippen LogP contribution is 2.29. The van der Waals surface area contributed by atoms with Gasteiger partial charge in [0, 0.05) is 19.3 Å². The SMILES string of the molecule is CN(c1ccn2ncc(C(=O)O)c2n1)C1CC1. The summed E-state index contributed by atoms with van der Waals surface area (Å²) in [5.41, 5.74) is 0.526. The van der Waals surface area contributed by atoms with Gasteiger partial charge in [-0.1, -0.05) is 0 Å². The maximum atomic E-state index is 11.0. The molecule has 1 fully saturated rings. The second-order valence-corrected chi connectivity index (χ2v) is 4.26. The van der Waals surface area contributed by atoms with Crippen molar-refractivity contribution in [1.29, 1.82) is 0 Å². The predicted molar refractivity (Wildman–Crippen MR) is 61.4 cm³/mol. The van der Waals surface area contributed by atoms with Gasteiger partial charge in [0.1, 0.15) is 11.4 Å². The third-order valence-electron chi connectivity index (χ3n) is 3.04. The molecule has 0 atom stereocenters. The molecule has 0 spiro atoms. The number of carbonyl (C=O) groups is 1. The number of anilines is 1. The standard InChI is InChI=1S/C11H12N4O2/c1-14(7-2-3-7)9-4-5-15-10(13-9)8(6-12-15)11(16)17/h4-7H,2-3H2,1H3,(H,16,17). The molecular weight excluding hydrogens is 220 g/mol. The fraction of sp³-hybridized carbons (Fsp3) is 0.364. The van der Waals surface area contributed by atoms with Crippen LogP contribution in [0.4, 0.5) is 5.82 Å². The van der Waals surface area contributed by atoms with Gasteiger partial charge in [0.25, 0.3) is 0 Å². The molecule has 0 aliphatic heterocycles. The van der Waals surface area contributed by atoms with Crippen LogP contribution in [-0.4, -0.2) is 38.8 Å². The average molecular weight is 232 g/mol. The Balaban J connectivity index is 2.09. The second-order valence-electron chi connectivity index (χ2n) is 4.26. The van der Waals surface area contributed by atoms with Gasteiger partial charge in [0.05, 0.1) is 6.20 Å². The summed E-state index contributed by atoms with van der Waals surface area (Å²) in [6, 6.07) is 2.39. The predicted octanol–water partition coefficient (Wildman–Crippen LogP) is 1.03. The summed E-state index contributed by atoms with van der Waals surface area (Å²) in [5.74, 6) is -0.207. The Bertz CT molecular complexity index is 588. The number of rotatable bonds is 3. The maximum absolute atomic E-state index is 11.0. The van der Waals surface area contributed by atoms with Gasteiger partial charge in [-0.15, -0.1) is 0 Å².